The van der Waals surface area contributed by atoms with Gasteiger partial charge in [-0.25, -0.2) is 4.85 Å². The minimum absolute atomic E-state index is 0.0522. The van der Waals surface area contributed by atoms with Gasteiger partial charge in [-0.2, -0.15) is 0 Å². The zero-order valence-corrected chi connectivity index (χ0v) is 11.6. The van der Waals surface area contributed by atoms with Crippen molar-refractivity contribution in [2.24, 2.45) is 0 Å². The van der Waals surface area contributed by atoms with Crippen molar-refractivity contribution in [2.45, 2.75) is 19.1 Å². The highest BCUT2D eigenvalue weighted by molar-refractivity contribution is 5.90. The number of ether oxygens (including phenoxy) is 2. The van der Waals surface area contributed by atoms with Gasteiger partial charge < -0.3 is 19.9 Å². The Bertz CT molecular complexity index is 577. The lowest BCUT2D eigenvalue weighted by Crippen LogP contribution is -2.29. The van der Waals surface area contributed by atoms with E-state index in [0.717, 1.165) is 5.56 Å². The normalized spacial score (nSPS) is 22.7. The maximum atomic E-state index is 11.7. The molecule has 1 saturated heterocycles. The summed E-state index contributed by atoms with van der Waals surface area (Å²) in [5.74, 6) is -0.684. The summed E-state index contributed by atoms with van der Waals surface area (Å²) in [6.07, 6.45) is -0.461. The van der Waals surface area contributed by atoms with E-state index in [1.165, 1.54) is 0 Å². The van der Waals surface area contributed by atoms with Crippen LogP contribution < -0.4 is 5.32 Å². The average molecular weight is 288 g/mol. The van der Waals surface area contributed by atoms with Gasteiger partial charge in [0.05, 0.1) is 25.8 Å². The van der Waals surface area contributed by atoms with Crippen LogP contribution in [0.4, 0.5) is 0 Å². The average Bonchev–Trinajstić information content (AvgIpc) is 2.93. The van der Waals surface area contributed by atoms with E-state index in [1.807, 2.05) is 30.3 Å². The molecule has 0 saturated carbocycles. The quantitative estimate of drug-likeness (QED) is 0.497. The van der Waals surface area contributed by atoms with Crippen molar-refractivity contribution in [3.63, 3.8) is 0 Å². The number of carbonyl (C=O) groups excluding carboxylic acids is 1. The molecule has 0 radical (unpaired) electrons. The summed E-state index contributed by atoms with van der Waals surface area (Å²) in [5, 5.41) is 12.3. The van der Waals surface area contributed by atoms with E-state index in [0.29, 0.717) is 0 Å². The summed E-state index contributed by atoms with van der Waals surface area (Å²) in [6.45, 7) is 8.77. The van der Waals surface area contributed by atoms with Gasteiger partial charge in [-0.15, -0.1) is 0 Å². The van der Waals surface area contributed by atoms with Crippen molar-refractivity contribution in [3.8, 4) is 0 Å². The monoisotopic (exact) mass is 288 g/mol. The van der Waals surface area contributed by atoms with Crippen LogP contribution in [0, 0.1) is 6.57 Å². The first-order valence-corrected chi connectivity index (χ1v) is 6.59. The summed E-state index contributed by atoms with van der Waals surface area (Å²) < 4.78 is 10.5. The number of hydrogen-bond donors (Lipinski definition) is 2. The van der Waals surface area contributed by atoms with Crippen LogP contribution in [0.15, 0.2) is 41.9 Å². The largest absolute Gasteiger partial charge is 0.477 e. The summed E-state index contributed by atoms with van der Waals surface area (Å²) in [5.41, 5.74) is 0.612. The molecule has 2 rings (SSSR count). The lowest BCUT2D eigenvalue weighted by molar-refractivity contribution is -0.138. The molecule has 21 heavy (non-hydrogen) atoms. The van der Waals surface area contributed by atoms with Gasteiger partial charge in [-0.1, -0.05) is 30.3 Å². The van der Waals surface area contributed by atoms with Gasteiger partial charge in [-0.3, -0.25) is 4.79 Å². The number of hydrogen-bond acceptors (Lipinski definition) is 5. The Morgan fingerprint density at radius 1 is 1.48 bits per heavy atom. The van der Waals surface area contributed by atoms with Crippen molar-refractivity contribution < 1.29 is 19.4 Å². The van der Waals surface area contributed by atoms with Gasteiger partial charge in [0.15, 0.2) is 5.88 Å². The van der Waals surface area contributed by atoms with E-state index >= 15 is 0 Å². The van der Waals surface area contributed by atoms with E-state index < -0.39 is 18.1 Å². The van der Waals surface area contributed by atoms with Gasteiger partial charge in [0, 0.05) is 0 Å². The van der Waals surface area contributed by atoms with E-state index in [1.54, 1.807) is 6.92 Å². The molecule has 1 aliphatic rings. The van der Waals surface area contributed by atoms with Crippen LogP contribution in [0.1, 0.15) is 18.6 Å². The SMILES string of the molecule is [C-]#[N+]C(C(=O)OCC)=C1NC(CO)C(c2ccccc2)O1. The van der Waals surface area contributed by atoms with Crippen LogP contribution in [0.5, 0.6) is 0 Å². The van der Waals surface area contributed by atoms with Crippen molar-refractivity contribution in [2.75, 3.05) is 13.2 Å². The number of benzene rings is 1. The van der Waals surface area contributed by atoms with Crippen LogP contribution in [0.25, 0.3) is 4.85 Å². The Kier molecular flexibility index (Phi) is 4.80. The Labute approximate surface area is 122 Å². The van der Waals surface area contributed by atoms with Gasteiger partial charge in [0.2, 0.25) is 0 Å². The highest BCUT2D eigenvalue weighted by Gasteiger charge is 2.36. The molecule has 0 amide bonds. The number of rotatable bonds is 4. The molecule has 6 nitrogen and oxygen atoms in total. The van der Waals surface area contributed by atoms with Crippen molar-refractivity contribution in [1.29, 1.82) is 0 Å². The van der Waals surface area contributed by atoms with Crippen molar-refractivity contribution in [1.82, 2.24) is 5.32 Å². The van der Waals surface area contributed by atoms with Gasteiger partial charge in [0.1, 0.15) is 6.10 Å². The van der Waals surface area contributed by atoms with E-state index in [2.05, 4.69) is 10.2 Å². The second kappa shape index (κ2) is 6.77. The third-order valence-electron chi connectivity index (χ3n) is 3.05. The first-order chi connectivity index (χ1) is 10.2. The molecule has 1 heterocycles. The number of aliphatic hydroxyl groups is 1. The summed E-state index contributed by atoms with van der Waals surface area (Å²) >= 11 is 0. The third-order valence-corrected chi connectivity index (χ3v) is 3.05. The molecular weight excluding hydrogens is 272 g/mol. The fourth-order valence-corrected chi connectivity index (χ4v) is 2.08. The lowest BCUT2D eigenvalue weighted by Gasteiger charge is -2.15. The molecule has 0 aliphatic carbocycles. The molecule has 2 atom stereocenters. The number of nitrogens with zero attached hydrogens (tertiary/aromatic N) is 1. The maximum Gasteiger partial charge on any atom is 0.341 e. The standard InChI is InChI=1S/C15H16N2O4/c1-3-20-15(19)12(16-2)14-17-11(9-18)13(21-14)10-7-5-4-6-8-10/h4-8,11,13,17-18H,3,9H2,1H3. The molecule has 1 aromatic rings. The molecule has 110 valence electrons. The van der Waals surface area contributed by atoms with Crippen LogP contribution in [-0.2, 0) is 14.3 Å². The highest BCUT2D eigenvalue weighted by Crippen LogP contribution is 2.31. The van der Waals surface area contributed by atoms with Crippen LogP contribution >= 0.6 is 0 Å². The Balaban J connectivity index is 2.29. The molecule has 0 bridgehead atoms. The first kappa shape index (κ1) is 14.9. The number of aliphatic hydroxyl groups excluding tert-OH is 1. The second-order valence-electron chi connectivity index (χ2n) is 4.39. The van der Waals surface area contributed by atoms with Gasteiger partial charge in [0.25, 0.3) is 0 Å². The zero-order chi connectivity index (χ0) is 15.2. The van der Waals surface area contributed by atoms with Gasteiger partial charge >= 0.3 is 11.7 Å². The zero-order valence-electron chi connectivity index (χ0n) is 11.6. The smallest absolute Gasteiger partial charge is 0.341 e. The van der Waals surface area contributed by atoms with Crippen LogP contribution in [-0.4, -0.2) is 30.3 Å². The number of nitrogens with one attached hydrogen (secondary N) is 1. The first-order valence-electron chi connectivity index (χ1n) is 6.59. The Hall–Kier alpha value is -2.52. The lowest BCUT2D eigenvalue weighted by atomic mass is 10.0. The van der Waals surface area contributed by atoms with E-state index in [4.69, 9.17) is 16.0 Å². The predicted molar refractivity (Wildman–Crippen MR) is 74.5 cm³/mol. The fourth-order valence-electron chi connectivity index (χ4n) is 2.08. The molecule has 2 N–H and O–H groups in total. The predicted octanol–water partition coefficient (Wildman–Crippen LogP) is 1.36. The van der Waals surface area contributed by atoms with Crippen molar-refractivity contribution >= 4 is 5.97 Å². The minimum Gasteiger partial charge on any atom is -0.477 e. The Morgan fingerprint density at radius 3 is 2.76 bits per heavy atom. The molecule has 0 spiro atoms. The topological polar surface area (TPSA) is 72.2 Å². The Morgan fingerprint density at radius 2 is 2.19 bits per heavy atom. The van der Waals surface area contributed by atoms with Crippen molar-refractivity contribution in [3.05, 3.63) is 58.9 Å². The second-order valence-corrected chi connectivity index (χ2v) is 4.39. The summed E-state index contributed by atoms with van der Waals surface area (Å²) in [6, 6.07) is 8.89. The molecule has 1 fully saturated rings. The number of carbonyl (C=O) groups is 1. The molecule has 6 heteroatoms. The van der Waals surface area contributed by atoms with Gasteiger partial charge in [-0.05, 0) is 12.5 Å². The molecule has 2 unspecified atom stereocenters. The molecular formula is C15H16N2O4. The number of esters is 1. The summed E-state index contributed by atoms with van der Waals surface area (Å²) in [7, 11) is 0. The molecule has 1 aromatic carbocycles. The van der Waals surface area contributed by atoms with Crippen LogP contribution in [0.3, 0.4) is 0 Å². The third kappa shape index (κ3) is 3.15. The fraction of sp³-hybridized carbons (Fsp3) is 0.333. The summed E-state index contributed by atoms with van der Waals surface area (Å²) in [4.78, 5) is 14.9. The van der Waals surface area contributed by atoms with E-state index in [9.17, 15) is 9.90 Å². The van der Waals surface area contributed by atoms with E-state index in [-0.39, 0.29) is 24.8 Å². The minimum atomic E-state index is -0.736. The highest BCUT2D eigenvalue weighted by atomic mass is 16.5. The molecule has 0 aromatic heterocycles. The maximum absolute atomic E-state index is 11.7. The molecule has 1 aliphatic heterocycles. The van der Waals surface area contributed by atoms with Crippen LogP contribution in [0.2, 0.25) is 0 Å².